The molecule has 0 unspecified atom stereocenters. The number of halogens is 3. The normalized spacial score (nSPS) is 13.3. The molecular formula is C30H27F3N4O4. The van der Waals surface area contributed by atoms with Crippen LogP contribution in [-0.2, 0) is 4.74 Å². The molecule has 41 heavy (non-hydrogen) atoms. The van der Waals surface area contributed by atoms with Gasteiger partial charge >= 0.3 is 5.97 Å². The van der Waals surface area contributed by atoms with E-state index in [4.69, 9.17) is 9.47 Å². The molecule has 0 bridgehead atoms. The molecule has 5 rings (SSSR count). The highest BCUT2D eigenvalue weighted by Gasteiger charge is 2.26. The molecule has 0 saturated carbocycles. The van der Waals surface area contributed by atoms with Crippen molar-refractivity contribution in [3.8, 4) is 22.7 Å². The van der Waals surface area contributed by atoms with Gasteiger partial charge in [-0.25, -0.2) is 22.6 Å². The Balaban J connectivity index is 1.34. The summed E-state index contributed by atoms with van der Waals surface area (Å²) in [7, 11) is 1.58. The summed E-state index contributed by atoms with van der Waals surface area (Å²) in [6.45, 7) is 3.36. The lowest BCUT2D eigenvalue weighted by Gasteiger charge is -2.36. The smallest absolute Gasteiger partial charge is 0.358 e. The molecule has 1 aliphatic heterocycles. The number of carbonyl (C=O) groups is 2. The third-order valence-electron chi connectivity index (χ3n) is 6.83. The number of rotatable bonds is 7. The molecule has 0 aliphatic carbocycles. The van der Waals surface area contributed by atoms with Crippen LogP contribution in [0.4, 0.5) is 18.9 Å². The van der Waals surface area contributed by atoms with Crippen LogP contribution in [0.3, 0.4) is 0 Å². The van der Waals surface area contributed by atoms with Gasteiger partial charge in [-0.3, -0.25) is 4.79 Å². The van der Waals surface area contributed by atoms with Crippen molar-refractivity contribution in [2.75, 3.05) is 44.8 Å². The average Bonchev–Trinajstić information content (AvgIpc) is 3.45. The highest BCUT2D eigenvalue weighted by molar-refractivity contribution is 5.94. The van der Waals surface area contributed by atoms with Crippen LogP contribution in [0.15, 0.2) is 66.7 Å². The minimum atomic E-state index is -1.39. The van der Waals surface area contributed by atoms with Crippen LogP contribution in [0.1, 0.15) is 27.8 Å². The van der Waals surface area contributed by atoms with Crippen LogP contribution < -0.4 is 9.64 Å². The Morgan fingerprint density at radius 3 is 2.17 bits per heavy atom. The van der Waals surface area contributed by atoms with Crippen molar-refractivity contribution in [2.45, 2.75) is 6.92 Å². The quantitative estimate of drug-likeness (QED) is 0.230. The number of hydrogen-bond acceptors (Lipinski definition) is 6. The summed E-state index contributed by atoms with van der Waals surface area (Å²) in [6, 6.07) is 17.7. The number of amides is 1. The van der Waals surface area contributed by atoms with Crippen LogP contribution >= 0.6 is 0 Å². The van der Waals surface area contributed by atoms with E-state index in [2.05, 4.69) is 10.00 Å². The van der Waals surface area contributed by atoms with Crippen molar-refractivity contribution in [1.82, 2.24) is 14.7 Å². The number of methoxy groups -OCH3 is 1. The zero-order valence-corrected chi connectivity index (χ0v) is 22.4. The summed E-state index contributed by atoms with van der Waals surface area (Å²) in [5, 5.41) is 4.49. The predicted octanol–water partition coefficient (Wildman–Crippen LogP) is 5.10. The number of anilines is 1. The maximum atomic E-state index is 14.1. The van der Waals surface area contributed by atoms with Gasteiger partial charge < -0.3 is 19.3 Å². The molecule has 0 N–H and O–H groups in total. The topological polar surface area (TPSA) is 76.9 Å². The molecule has 0 atom stereocenters. The van der Waals surface area contributed by atoms with E-state index >= 15 is 0 Å². The number of nitrogens with zero attached hydrogens (tertiary/aromatic N) is 4. The summed E-state index contributed by atoms with van der Waals surface area (Å²) in [4.78, 5) is 28.6. The molecule has 1 amide bonds. The highest BCUT2D eigenvalue weighted by Crippen LogP contribution is 2.28. The highest BCUT2D eigenvalue weighted by atomic mass is 19.2. The summed E-state index contributed by atoms with van der Waals surface area (Å²) in [6.07, 6.45) is 0. The van der Waals surface area contributed by atoms with E-state index in [0.717, 1.165) is 23.0 Å². The van der Waals surface area contributed by atoms with Crippen LogP contribution in [0.25, 0.3) is 16.9 Å². The largest absolute Gasteiger partial charge is 0.497 e. The van der Waals surface area contributed by atoms with Crippen molar-refractivity contribution < 1.29 is 32.2 Å². The van der Waals surface area contributed by atoms with Gasteiger partial charge in [-0.05, 0) is 55.5 Å². The van der Waals surface area contributed by atoms with Crippen LogP contribution in [-0.4, -0.2) is 66.5 Å². The standard InChI is InChI=1S/C30H27F3N4O4/c1-3-41-30(39)26-18-27(37(34-26)22-8-10-23(40-2)11-9-22)19-4-6-21(7-5-19)35-12-14-36(15-13-35)29(38)24-16-20(31)17-25(32)28(24)33/h4-11,16-18H,3,12-15H2,1-2H3. The van der Waals surface area contributed by atoms with Crippen molar-refractivity contribution in [1.29, 1.82) is 0 Å². The molecule has 3 aromatic carbocycles. The first-order valence-electron chi connectivity index (χ1n) is 13.0. The zero-order chi connectivity index (χ0) is 29.1. The Hall–Kier alpha value is -4.80. The summed E-state index contributed by atoms with van der Waals surface area (Å²) in [5.74, 6) is -4.34. The fourth-order valence-electron chi connectivity index (χ4n) is 4.70. The van der Waals surface area contributed by atoms with E-state index in [1.165, 1.54) is 4.90 Å². The molecule has 4 aromatic rings. The van der Waals surface area contributed by atoms with Gasteiger partial charge in [0.05, 0.1) is 30.7 Å². The van der Waals surface area contributed by atoms with Gasteiger partial charge in [0.1, 0.15) is 11.6 Å². The van der Waals surface area contributed by atoms with Crippen LogP contribution in [0, 0.1) is 17.5 Å². The number of benzene rings is 3. The Bertz CT molecular complexity index is 1560. The first-order valence-corrected chi connectivity index (χ1v) is 13.0. The van der Waals surface area contributed by atoms with Gasteiger partial charge in [-0.2, -0.15) is 5.10 Å². The van der Waals surface area contributed by atoms with E-state index in [-0.39, 0.29) is 25.4 Å². The molecule has 0 spiro atoms. The van der Waals surface area contributed by atoms with Crippen molar-refractivity contribution in [3.05, 3.63) is 95.4 Å². The fraction of sp³-hybridized carbons (Fsp3) is 0.233. The SMILES string of the molecule is CCOC(=O)c1cc(-c2ccc(N3CCN(C(=O)c4cc(F)cc(F)c4F)CC3)cc2)n(-c2ccc(OC)cc2)n1. The lowest BCUT2D eigenvalue weighted by molar-refractivity contribution is 0.0518. The minimum Gasteiger partial charge on any atom is -0.497 e. The van der Waals surface area contributed by atoms with Crippen LogP contribution in [0.2, 0.25) is 0 Å². The number of ether oxygens (including phenoxy) is 2. The Labute approximate surface area is 234 Å². The van der Waals surface area contributed by atoms with E-state index in [9.17, 15) is 22.8 Å². The lowest BCUT2D eigenvalue weighted by Crippen LogP contribution is -2.49. The van der Waals surface area contributed by atoms with Gasteiger partial charge in [0.25, 0.3) is 5.91 Å². The second-order valence-electron chi connectivity index (χ2n) is 9.32. The Morgan fingerprint density at radius 2 is 1.54 bits per heavy atom. The molecular weight excluding hydrogens is 537 g/mol. The lowest BCUT2D eigenvalue weighted by atomic mass is 10.1. The zero-order valence-electron chi connectivity index (χ0n) is 22.4. The fourth-order valence-corrected chi connectivity index (χ4v) is 4.70. The monoisotopic (exact) mass is 564 g/mol. The van der Waals surface area contributed by atoms with Gasteiger partial charge in [0, 0.05) is 43.5 Å². The van der Waals surface area contributed by atoms with Gasteiger partial charge in [-0.1, -0.05) is 12.1 Å². The maximum absolute atomic E-state index is 14.1. The average molecular weight is 565 g/mol. The number of esters is 1. The molecule has 11 heteroatoms. The van der Waals surface area contributed by atoms with Crippen LogP contribution in [0.5, 0.6) is 5.75 Å². The second kappa shape index (κ2) is 11.7. The third-order valence-corrected chi connectivity index (χ3v) is 6.83. The third kappa shape index (κ3) is 5.74. The summed E-state index contributed by atoms with van der Waals surface area (Å²) < 4.78 is 53.4. The first-order chi connectivity index (χ1) is 19.8. The number of piperazine rings is 1. The number of hydrogen-bond donors (Lipinski definition) is 0. The van der Waals surface area contributed by atoms with E-state index in [1.807, 2.05) is 36.4 Å². The summed E-state index contributed by atoms with van der Waals surface area (Å²) in [5.41, 5.74) is 2.68. The molecule has 212 valence electrons. The van der Waals surface area contributed by atoms with Gasteiger partial charge in [0.15, 0.2) is 17.3 Å². The molecule has 1 fully saturated rings. The number of aromatic nitrogens is 2. The van der Waals surface area contributed by atoms with E-state index in [1.54, 1.807) is 36.9 Å². The molecule has 2 heterocycles. The molecule has 1 aromatic heterocycles. The summed E-state index contributed by atoms with van der Waals surface area (Å²) >= 11 is 0. The van der Waals surface area contributed by atoms with Crippen molar-refractivity contribution in [2.24, 2.45) is 0 Å². The maximum Gasteiger partial charge on any atom is 0.358 e. The second-order valence-corrected chi connectivity index (χ2v) is 9.32. The van der Waals surface area contributed by atoms with Crippen molar-refractivity contribution >= 4 is 17.6 Å². The van der Waals surface area contributed by atoms with E-state index in [0.29, 0.717) is 30.6 Å². The molecule has 1 aliphatic rings. The molecule has 8 nitrogen and oxygen atoms in total. The van der Waals surface area contributed by atoms with Crippen molar-refractivity contribution in [3.63, 3.8) is 0 Å². The van der Waals surface area contributed by atoms with E-state index < -0.39 is 34.9 Å². The van der Waals surface area contributed by atoms with Gasteiger partial charge in [-0.15, -0.1) is 0 Å². The first kappa shape index (κ1) is 27.8. The number of carbonyl (C=O) groups excluding carboxylic acids is 2. The predicted molar refractivity (Wildman–Crippen MR) is 146 cm³/mol. The minimum absolute atomic E-state index is 0.178. The Kier molecular flexibility index (Phi) is 7.95. The molecule has 0 radical (unpaired) electrons. The molecule has 1 saturated heterocycles. The Morgan fingerprint density at radius 1 is 0.878 bits per heavy atom. The van der Waals surface area contributed by atoms with Gasteiger partial charge in [0.2, 0.25) is 0 Å².